The van der Waals surface area contributed by atoms with Crippen LogP contribution in [0.4, 0.5) is 0 Å². The first-order chi connectivity index (χ1) is 12.5. The first-order valence-electron chi connectivity index (χ1n) is 8.41. The van der Waals surface area contributed by atoms with Crippen molar-refractivity contribution >= 4 is 11.9 Å². The fourth-order valence-corrected chi connectivity index (χ4v) is 3.19. The van der Waals surface area contributed by atoms with Gasteiger partial charge in [0.25, 0.3) is 0 Å². The average Bonchev–Trinajstić information content (AvgIpc) is 3.32. The van der Waals surface area contributed by atoms with Crippen molar-refractivity contribution < 1.29 is 18.7 Å². The third-order valence-electron chi connectivity index (χ3n) is 4.48. The first-order valence-corrected chi connectivity index (χ1v) is 8.41. The molecule has 1 aromatic carbocycles. The number of carbonyl (C=O) groups is 1. The quantitative estimate of drug-likeness (QED) is 0.509. The van der Waals surface area contributed by atoms with Crippen LogP contribution < -0.4 is 9.47 Å². The predicted molar refractivity (Wildman–Crippen MR) is 98.2 cm³/mol. The summed E-state index contributed by atoms with van der Waals surface area (Å²) in [6.07, 6.45) is 3.37. The molecule has 1 aliphatic heterocycles. The molecule has 0 N–H and O–H groups in total. The molecule has 132 valence electrons. The van der Waals surface area contributed by atoms with E-state index >= 15 is 0 Å². The average molecular weight is 349 g/mol. The Labute approximate surface area is 151 Å². The van der Waals surface area contributed by atoms with Crippen LogP contribution in [0.2, 0.25) is 0 Å². The first kappa shape index (κ1) is 16.3. The minimum atomic E-state index is -0.147. The monoisotopic (exact) mass is 349 g/mol. The Balaban J connectivity index is 1.64. The molecule has 0 saturated heterocycles. The van der Waals surface area contributed by atoms with Crippen LogP contribution in [0.15, 0.2) is 46.9 Å². The molecule has 0 unspecified atom stereocenters. The van der Waals surface area contributed by atoms with Gasteiger partial charge in [0, 0.05) is 23.1 Å². The summed E-state index contributed by atoms with van der Waals surface area (Å²) in [7, 11) is 0. The number of fused-ring (bicyclic) bond motifs is 1. The van der Waals surface area contributed by atoms with Crippen LogP contribution >= 0.6 is 0 Å². The molecule has 0 radical (unpaired) electrons. The standard InChI is InChI=1S/C21H19NO4/c1-13-10-16(5-7-18(23)19-8-4-14(2)26-19)15(3)22(13)17-6-9-20-21(11-17)25-12-24-20/h4-11H,12H2,1-3H3/b7-5+. The van der Waals surface area contributed by atoms with Gasteiger partial charge in [0.15, 0.2) is 17.3 Å². The van der Waals surface area contributed by atoms with E-state index in [0.717, 1.165) is 39.9 Å². The van der Waals surface area contributed by atoms with Crippen LogP contribution in [0.25, 0.3) is 11.8 Å². The minimum absolute atomic E-state index is 0.147. The summed E-state index contributed by atoms with van der Waals surface area (Å²) in [5, 5.41) is 0. The number of ether oxygens (including phenoxy) is 2. The van der Waals surface area contributed by atoms with E-state index < -0.39 is 0 Å². The summed E-state index contributed by atoms with van der Waals surface area (Å²) in [6.45, 7) is 6.13. The fraction of sp³-hybridized carbons (Fsp3) is 0.190. The van der Waals surface area contributed by atoms with Crippen LogP contribution in [0.3, 0.4) is 0 Å². The van der Waals surface area contributed by atoms with E-state index in [1.165, 1.54) is 0 Å². The molecule has 0 bridgehead atoms. The van der Waals surface area contributed by atoms with Gasteiger partial charge in [-0.05, 0) is 68.8 Å². The van der Waals surface area contributed by atoms with Crippen molar-refractivity contribution in [1.29, 1.82) is 0 Å². The molecule has 0 fully saturated rings. The number of carbonyl (C=O) groups excluding carboxylic acids is 1. The van der Waals surface area contributed by atoms with Crippen molar-refractivity contribution in [1.82, 2.24) is 4.57 Å². The van der Waals surface area contributed by atoms with Crippen LogP contribution in [-0.4, -0.2) is 17.1 Å². The van der Waals surface area contributed by atoms with Crippen molar-refractivity contribution in [2.45, 2.75) is 20.8 Å². The Bertz CT molecular complexity index is 1020. The van der Waals surface area contributed by atoms with Gasteiger partial charge in [0.1, 0.15) is 5.76 Å². The summed E-state index contributed by atoms with van der Waals surface area (Å²) in [5.74, 6) is 2.43. The highest BCUT2D eigenvalue weighted by molar-refractivity contribution is 6.05. The van der Waals surface area contributed by atoms with E-state index in [4.69, 9.17) is 13.9 Å². The summed E-state index contributed by atoms with van der Waals surface area (Å²) in [4.78, 5) is 12.2. The Morgan fingerprint density at radius 3 is 2.62 bits per heavy atom. The molecule has 5 heteroatoms. The van der Waals surface area contributed by atoms with Gasteiger partial charge < -0.3 is 18.5 Å². The molecule has 0 amide bonds. The highest BCUT2D eigenvalue weighted by atomic mass is 16.7. The summed E-state index contributed by atoms with van der Waals surface area (Å²) in [6, 6.07) is 11.4. The van der Waals surface area contributed by atoms with Crippen LogP contribution in [0, 0.1) is 20.8 Å². The van der Waals surface area contributed by atoms with E-state index in [-0.39, 0.29) is 12.6 Å². The molecule has 0 atom stereocenters. The maximum absolute atomic E-state index is 12.2. The van der Waals surface area contributed by atoms with E-state index in [1.54, 1.807) is 18.2 Å². The van der Waals surface area contributed by atoms with Crippen molar-refractivity contribution in [3.8, 4) is 17.2 Å². The van der Waals surface area contributed by atoms with Crippen LogP contribution in [-0.2, 0) is 0 Å². The molecule has 4 rings (SSSR count). The van der Waals surface area contributed by atoms with Crippen molar-refractivity contribution in [2.24, 2.45) is 0 Å². The third kappa shape index (κ3) is 2.81. The maximum Gasteiger partial charge on any atom is 0.231 e. The zero-order valence-electron chi connectivity index (χ0n) is 14.9. The number of ketones is 1. The third-order valence-corrected chi connectivity index (χ3v) is 4.48. The molecule has 0 spiro atoms. The lowest BCUT2D eigenvalue weighted by Crippen LogP contribution is -1.99. The molecule has 2 aromatic heterocycles. The van der Waals surface area contributed by atoms with Gasteiger partial charge in [0.2, 0.25) is 12.6 Å². The minimum Gasteiger partial charge on any atom is -0.458 e. The molecule has 26 heavy (non-hydrogen) atoms. The summed E-state index contributed by atoms with van der Waals surface area (Å²) in [5.41, 5.74) is 4.09. The Morgan fingerprint density at radius 2 is 1.85 bits per heavy atom. The lowest BCUT2D eigenvalue weighted by molar-refractivity contribution is 0.102. The number of hydrogen-bond acceptors (Lipinski definition) is 4. The highest BCUT2D eigenvalue weighted by Crippen LogP contribution is 2.35. The predicted octanol–water partition coefficient (Wildman–Crippen LogP) is 4.62. The number of hydrogen-bond donors (Lipinski definition) is 0. The van der Waals surface area contributed by atoms with Gasteiger partial charge >= 0.3 is 0 Å². The SMILES string of the molecule is Cc1ccc(C(=O)/C=C/c2cc(C)n(-c3ccc4c(c3)OCO4)c2C)o1. The smallest absolute Gasteiger partial charge is 0.231 e. The zero-order valence-corrected chi connectivity index (χ0v) is 14.9. The number of aryl methyl sites for hydroxylation is 2. The molecule has 3 aromatic rings. The number of nitrogens with zero attached hydrogens (tertiary/aromatic N) is 1. The number of aromatic nitrogens is 1. The summed E-state index contributed by atoms with van der Waals surface area (Å²) >= 11 is 0. The second-order valence-corrected chi connectivity index (χ2v) is 6.31. The van der Waals surface area contributed by atoms with Crippen molar-refractivity contribution in [3.63, 3.8) is 0 Å². The second-order valence-electron chi connectivity index (χ2n) is 6.31. The van der Waals surface area contributed by atoms with Crippen molar-refractivity contribution in [3.05, 3.63) is 70.9 Å². The van der Waals surface area contributed by atoms with Gasteiger partial charge in [0.05, 0.1) is 0 Å². The largest absolute Gasteiger partial charge is 0.458 e. The topological polar surface area (TPSA) is 53.6 Å². The van der Waals surface area contributed by atoms with E-state index in [9.17, 15) is 4.79 Å². The summed E-state index contributed by atoms with van der Waals surface area (Å²) < 4.78 is 18.3. The molecule has 5 nitrogen and oxygen atoms in total. The van der Waals surface area contributed by atoms with Gasteiger partial charge in [-0.25, -0.2) is 0 Å². The molecular formula is C21H19NO4. The molecule has 0 saturated carbocycles. The van der Waals surface area contributed by atoms with Crippen molar-refractivity contribution in [2.75, 3.05) is 6.79 Å². The van der Waals surface area contributed by atoms with E-state index in [1.807, 2.05) is 45.0 Å². The number of benzene rings is 1. The maximum atomic E-state index is 12.2. The Hall–Kier alpha value is -3.21. The molecule has 0 aliphatic carbocycles. The van der Waals surface area contributed by atoms with E-state index in [0.29, 0.717) is 5.76 Å². The second kappa shape index (κ2) is 6.26. The van der Waals surface area contributed by atoms with Gasteiger partial charge in [-0.2, -0.15) is 0 Å². The lowest BCUT2D eigenvalue weighted by atomic mass is 10.2. The fourth-order valence-electron chi connectivity index (χ4n) is 3.19. The van der Waals surface area contributed by atoms with Crippen LogP contribution in [0.5, 0.6) is 11.5 Å². The molecular weight excluding hydrogens is 330 g/mol. The van der Waals surface area contributed by atoms with Gasteiger partial charge in [-0.1, -0.05) is 0 Å². The Kier molecular flexibility index (Phi) is 3.92. The van der Waals surface area contributed by atoms with Gasteiger partial charge in [-0.3, -0.25) is 4.79 Å². The van der Waals surface area contributed by atoms with Crippen LogP contribution in [0.1, 0.15) is 33.3 Å². The van der Waals surface area contributed by atoms with Gasteiger partial charge in [-0.15, -0.1) is 0 Å². The lowest BCUT2D eigenvalue weighted by Gasteiger charge is -2.10. The Morgan fingerprint density at radius 1 is 1.04 bits per heavy atom. The molecule has 1 aliphatic rings. The van der Waals surface area contributed by atoms with E-state index in [2.05, 4.69) is 10.6 Å². The zero-order chi connectivity index (χ0) is 18.3. The highest BCUT2D eigenvalue weighted by Gasteiger charge is 2.16. The normalized spacial score (nSPS) is 12.9. The molecule has 3 heterocycles. The number of allylic oxidation sites excluding steroid dienone is 1. The number of furan rings is 1. The number of rotatable bonds is 4.